The molecular formula is C20H17N3. The van der Waals surface area contributed by atoms with Crippen molar-refractivity contribution in [1.29, 1.82) is 0 Å². The van der Waals surface area contributed by atoms with Crippen molar-refractivity contribution in [2.24, 2.45) is 4.99 Å². The number of allylic oxidation sites excluding steroid dienone is 1. The molecule has 3 heterocycles. The minimum atomic E-state index is 0.882. The van der Waals surface area contributed by atoms with Crippen molar-refractivity contribution in [2.75, 3.05) is 6.54 Å². The number of rotatable bonds is 2. The predicted molar refractivity (Wildman–Crippen MR) is 94.6 cm³/mol. The first-order chi connectivity index (χ1) is 11.4. The lowest BCUT2D eigenvalue weighted by atomic mass is 9.96. The molecule has 0 N–H and O–H groups in total. The number of benzene rings is 1. The SMILES string of the molecule is C(=C1CCCN=C1c1cccnc1)c1ccc2ccccc2n1. The highest BCUT2D eigenvalue weighted by molar-refractivity contribution is 6.15. The van der Waals surface area contributed by atoms with Crippen LogP contribution < -0.4 is 0 Å². The molecule has 1 aromatic carbocycles. The van der Waals surface area contributed by atoms with Crippen molar-refractivity contribution in [2.45, 2.75) is 12.8 Å². The highest BCUT2D eigenvalue weighted by atomic mass is 14.8. The largest absolute Gasteiger partial charge is 0.284 e. The standard InChI is InChI=1S/C20H17N3/c1-2-8-19-15(5-1)9-10-18(23-19)13-16-6-4-12-22-20(16)17-7-3-11-21-14-17/h1-3,5,7-11,13-14H,4,6,12H2. The van der Waals surface area contributed by atoms with Crippen LogP contribution in [0.25, 0.3) is 17.0 Å². The van der Waals surface area contributed by atoms with Gasteiger partial charge in [0.1, 0.15) is 0 Å². The van der Waals surface area contributed by atoms with Gasteiger partial charge in [-0.1, -0.05) is 24.3 Å². The molecule has 0 spiro atoms. The Morgan fingerprint density at radius 3 is 2.83 bits per heavy atom. The molecule has 0 saturated heterocycles. The smallest absolute Gasteiger partial charge is 0.0709 e. The van der Waals surface area contributed by atoms with E-state index in [2.05, 4.69) is 35.3 Å². The second kappa shape index (κ2) is 6.13. The van der Waals surface area contributed by atoms with Gasteiger partial charge in [-0.15, -0.1) is 0 Å². The van der Waals surface area contributed by atoms with E-state index in [1.165, 1.54) is 11.0 Å². The van der Waals surface area contributed by atoms with Gasteiger partial charge in [0, 0.05) is 29.9 Å². The highest BCUT2D eigenvalue weighted by Crippen LogP contribution is 2.22. The molecule has 4 rings (SSSR count). The lowest BCUT2D eigenvalue weighted by molar-refractivity contribution is 0.818. The van der Waals surface area contributed by atoms with Crippen LogP contribution in [-0.2, 0) is 0 Å². The minimum absolute atomic E-state index is 0.882. The van der Waals surface area contributed by atoms with Gasteiger partial charge in [-0.2, -0.15) is 0 Å². The fraction of sp³-hybridized carbons (Fsp3) is 0.150. The topological polar surface area (TPSA) is 38.1 Å². The van der Waals surface area contributed by atoms with Gasteiger partial charge in [0.2, 0.25) is 0 Å². The maximum Gasteiger partial charge on any atom is 0.0709 e. The summed E-state index contributed by atoms with van der Waals surface area (Å²) >= 11 is 0. The number of pyridine rings is 2. The summed E-state index contributed by atoms with van der Waals surface area (Å²) in [6.07, 6.45) is 7.95. The van der Waals surface area contributed by atoms with E-state index in [-0.39, 0.29) is 0 Å². The summed E-state index contributed by atoms with van der Waals surface area (Å²) in [5, 5.41) is 1.17. The third-order valence-corrected chi connectivity index (χ3v) is 4.06. The molecule has 0 unspecified atom stereocenters. The molecule has 0 fully saturated rings. The lowest BCUT2D eigenvalue weighted by Crippen LogP contribution is -2.12. The van der Waals surface area contributed by atoms with Crippen molar-refractivity contribution in [3.63, 3.8) is 0 Å². The van der Waals surface area contributed by atoms with E-state index in [1.54, 1.807) is 6.20 Å². The zero-order valence-electron chi connectivity index (χ0n) is 12.8. The van der Waals surface area contributed by atoms with Crippen LogP contribution in [0.4, 0.5) is 0 Å². The third-order valence-electron chi connectivity index (χ3n) is 4.06. The number of nitrogens with zero attached hydrogens (tertiary/aromatic N) is 3. The maximum absolute atomic E-state index is 4.75. The van der Waals surface area contributed by atoms with Crippen molar-refractivity contribution in [3.05, 3.63) is 77.8 Å². The molecule has 2 aromatic heterocycles. The van der Waals surface area contributed by atoms with Crippen molar-refractivity contribution >= 4 is 22.7 Å². The molecule has 0 bridgehead atoms. The van der Waals surface area contributed by atoms with Crippen LogP contribution in [0.2, 0.25) is 0 Å². The lowest BCUT2D eigenvalue weighted by Gasteiger charge is -2.16. The summed E-state index contributed by atoms with van der Waals surface area (Å²) < 4.78 is 0. The molecule has 0 atom stereocenters. The summed E-state index contributed by atoms with van der Waals surface area (Å²) in [6.45, 7) is 0.882. The van der Waals surface area contributed by atoms with Crippen LogP contribution in [0.1, 0.15) is 24.1 Å². The normalized spacial score (nSPS) is 16.5. The van der Waals surface area contributed by atoms with Gasteiger partial charge in [0.25, 0.3) is 0 Å². The predicted octanol–water partition coefficient (Wildman–Crippen LogP) is 4.30. The van der Waals surface area contributed by atoms with E-state index in [9.17, 15) is 0 Å². The van der Waals surface area contributed by atoms with Crippen LogP contribution >= 0.6 is 0 Å². The number of para-hydroxylation sites is 1. The minimum Gasteiger partial charge on any atom is -0.284 e. The van der Waals surface area contributed by atoms with Crippen molar-refractivity contribution in [1.82, 2.24) is 9.97 Å². The van der Waals surface area contributed by atoms with E-state index in [0.717, 1.165) is 41.9 Å². The van der Waals surface area contributed by atoms with E-state index in [1.807, 2.05) is 30.5 Å². The highest BCUT2D eigenvalue weighted by Gasteiger charge is 2.14. The second-order valence-electron chi connectivity index (χ2n) is 5.67. The van der Waals surface area contributed by atoms with Crippen LogP contribution in [-0.4, -0.2) is 22.2 Å². The Kier molecular flexibility index (Phi) is 3.68. The molecule has 3 heteroatoms. The molecule has 0 saturated carbocycles. The van der Waals surface area contributed by atoms with Crippen LogP contribution in [0.15, 0.2) is 71.5 Å². The Morgan fingerprint density at radius 1 is 0.957 bits per heavy atom. The Labute approximate surface area is 135 Å². The number of aliphatic imine (C=N–C) groups is 1. The van der Waals surface area contributed by atoms with Gasteiger partial charge >= 0.3 is 0 Å². The zero-order chi connectivity index (χ0) is 15.5. The quantitative estimate of drug-likeness (QED) is 0.707. The van der Waals surface area contributed by atoms with E-state index >= 15 is 0 Å². The number of hydrogen-bond acceptors (Lipinski definition) is 3. The summed E-state index contributed by atoms with van der Waals surface area (Å²) in [6, 6.07) is 16.4. The first-order valence-corrected chi connectivity index (χ1v) is 7.92. The summed E-state index contributed by atoms with van der Waals surface area (Å²) in [5.74, 6) is 0. The second-order valence-corrected chi connectivity index (χ2v) is 5.67. The monoisotopic (exact) mass is 299 g/mol. The average Bonchev–Trinajstić information content (AvgIpc) is 2.63. The fourth-order valence-electron chi connectivity index (χ4n) is 2.94. The maximum atomic E-state index is 4.75. The molecule has 0 amide bonds. The van der Waals surface area contributed by atoms with Crippen LogP contribution in [0, 0.1) is 0 Å². The Hall–Kier alpha value is -2.81. The average molecular weight is 299 g/mol. The van der Waals surface area contributed by atoms with Gasteiger partial charge in [0.05, 0.1) is 16.9 Å². The Bertz CT molecular complexity index is 895. The van der Waals surface area contributed by atoms with E-state index in [0.29, 0.717) is 0 Å². The molecule has 3 aromatic rings. The van der Waals surface area contributed by atoms with E-state index in [4.69, 9.17) is 9.98 Å². The van der Waals surface area contributed by atoms with Crippen molar-refractivity contribution < 1.29 is 0 Å². The van der Waals surface area contributed by atoms with E-state index < -0.39 is 0 Å². The van der Waals surface area contributed by atoms with Gasteiger partial charge in [-0.25, -0.2) is 4.98 Å². The number of aromatic nitrogens is 2. The Morgan fingerprint density at radius 2 is 1.91 bits per heavy atom. The first-order valence-electron chi connectivity index (χ1n) is 7.92. The first kappa shape index (κ1) is 13.8. The molecule has 0 radical (unpaired) electrons. The fourth-order valence-corrected chi connectivity index (χ4v) is 2.94. The molecule has 1 aliphatic heterocycles. The molecular weight excluding hydrogens is 282 g/mol. The Balaban J connectivity index is 1.75. The van der Waals surface area contributed by atoms with Crippen molar-refractivity contribution in [3.8, 4) is 0 Å². The molecule has 0 aliphatic carbocycles. The van der Waals surface area contributed by atoms with Gasteiger partial charge in [0.15, 0.2) is 0 Å². The summed E-state index contributed by atoms with van der Waals surface area (Å²) in [7, 11) is 0. The third kappa shape index (κ3) is 2.90. The van der Waals surface area contributed by atoms with Gasteiger partial charge in [-0.05, 0) is 48.8 Å². The van der Waals surface area contributed by atoms with Gasteiger partial charge in [-0.3, -0.25) is 9.98 Å². The molecule has 1 aliphatic rings. The summed E-state index contributed by atoms with van der Waals surface area (Å²) in [4.78, 5) is 13.7. The number of hydrogen-bond donors (Lipinski definition) is 0. The molecule has 3 nitrogen and oxygen atoms in total. The number of fused-ring (bicyclic) bond motifs is 1. The molecule has 112 valence electrons. The van der Waals surface area contributed by atoms with Crippen LogP contribution in [0.3, 0.4) is 0 Å². The van der Waals surface area contributed by atoms with Gasteiger partial charge < -0.3 is 0 Å². The zero-order valence-corrected chi connectivity index (χ0v) is 12.8. The summed E-state index contributed by atoms with van der Waals surface area (Å²) in [5.41, 5.74) is 5.39. The van der Waals surface area contributed by atoms with Crippen LogP contribution in [0.5, 0.6) is 0 Å². The molecule has 23 heavy (non-hydrogen) atoms.